The topological polar surface area (TPSA) is 54.6 Å². The Morgan fingerprint density at radius 3 is 2.90 bits per heavy atom. The molecular formula is C5H7N5. The van der Waals surface area contributed by atoms with Gasteiger partial charge in [-0.05, 0) is 17.4 Å². The van der Waals surface area contributed by atoms with Crippen molar-refractivity contribution in [2.45, 2.75) is 13.0 Å². The van der Waals surface area contributed by atoms with E-state index in [0.717, 1.165) is 12.4 Å². The Hall–Kier alpha value is -1.26. The van der Waals surface area contributed by atoms with E-state index in [1.54, 1.807) is 6.20 Å². The molecule has 0 N–H and O–H groups in total. The highest BCUT2D eigenvalue weighted by atomic mass is 15.5. The number of aromatic nitrogens is 4. The largest absolute Gasteiger partial charge is 0.347 e. The maximum Gasteiger partial charge on any atom is 0.173 e. The Morgan fingerprint density at radius 1 is 1.60 bits per heavy atom. The summed E-state index contributed by atoms with van der Waals surface area (Å²) in [6.45, 7) is 3.18. The Morgan fingerprint density at radius 2 is 2.40 bits per heavy atom. The SMILES string of the molecule is CC1CN1c1cnnnn1. The maximum absolute atomic E-state index is 3.79. The molecule has 5 heteroatoms. The van der Waals surface area contributed by atoms with E-state index in [9.17, 15) is 0 Å². The molecule has 0 aromatic carbocycles. The maximum atomic E-state index is 3.79. The number of nitrogens with zero attached hydrogens (tertiary/aromatic N) is 5. The second-order valence-electron chi connectivity index (χ2n) is 2.38. The number of rotatable bonds is 1. The standard InChI is InChI=1S/C5H7N5/c1-4-3-10(4)5-2-6-8-9-7-5/h2,4H,3H2,1H3. The van der Waals surface area contributed by atoms with E-state index < -0.39 is 0 Å². The summed E-state index contributed by atoms with van der Waals surface area (Å²) in [5.74, 6) is 0.822. The van der Waals surface area contributed by atoms with E-state index in [4.69, 9.17) is 0 Å². The van der Waals surface area contributed by atoms with Crippen LogP contribution in [0.2, 0.25) is 0 Å². The van der Waals surface area contributed by atoms with Gasteiger partial charge in [0.15, 0.2) is 5.82 Å². The molecule has 52 valence electrons. The van der Waals surface area contributed by atoms with E-state index in [1.807, 2.05) is 0 Å². The minimum Gasteiger partial charge on any atom is -0.347 e. The molecule has 2 heterocycles. The first-order valence-electron chi connectivity index (χ1n) is 3.15. The van der Waals surface area contributed by atoms with E-state index in [2.05, 4.69) is 32.4 Å². The van der Waals surface area contributed by atoms with E-state index in [0.29, 0.717) is 6.04 Å². The lowest BCUT2D eigenvalue weighted by molar-refractivity contribution is 0.759. The van der Waals surface area contributed by atoms with Crippen molar-refractivity contribution in [2.75, 3.05) is 11.4 Å². The van der Waals surface area contributed by atoms with Crippen LogP contribution in [-0.4, -0.2) is 33.2 Å². The van der Waals surface area contributed by atoms with E-state index in [1.165, 1.54) is 0 Å². The predicted octanol–water partition coefficient (Wildman–Crippen LogP) is -0.525. The first-order valence-corrected chi connectivity index (χ1v) is 3.15. The molecule has 1 aliphatic heterocycles. The van der Waals surface area contributed by atoms with Gasteiger partial charge in [-0.3, -0.25) is 0 Å². The molecule has 1 fully saturated rings. The van der Waals surface area contributed by atoms with Gasteiger partial charge < -0.3 is 4.90 Å². The first kappa shape index (κ1) is 5.52. The van der Waals surface area contributed by atoms with Crippen LogP contribution in [0.15, 0.2) is 6.20 Å². The van der Waals surface area contributed by atoms with Crippen molar-refractivity contribution in [3.05, 3.63) is 6.20 Å². The number of hydrogen-bond acceptors (Lipinski definition) is 5. The van der Waals surface area contributed by atoms with Gasteiger partial charge in [0.05, 0.1) is 6.20 Å². The Bertz CT molecular complexity index is 223. The summed E-state index contributed by atoms with van der Waals surface area (Å²) in [5, 5.41) is 14.2. The van der Waals surface area contributed by atoms with Gasteiger partial charge in [-0.2, -0.15) is 0 Å². The van der Waals surface area contributed by atoms with Crippen LogP contribution in [0.1, 0.15) is 6.92 Å². The van der Waals surface area contributed by atoms with Crippen molar-refractivity contribution < 1.29 is 0 Å². The highest BCUT2D eigenvalue weighted by molar-refractivity contribution is 5.43. The highest BCUT2D eigenvalue weighted by Crippen LogP contribution is 2.22. The van der Waals surface area contributed by atoms with Crippen molar-refractivity contribution >= 4 is 5.82 Å². The predicted molar refractivity (Wildman–Crippen MR) is 34.4 cm³/mol. The van der Waals surface area contributed by atoms with Gasteiger partial charge in [0.2, 0.25) is 0 Å². The van der Waals surface area contributed by atoms with Crippen molar-refractivity contribution in [3.63, 3.8) is 0 Å². The zero-order chi connectivity index (χ0) is 6.97. The molecule has 2 rings (SSSR count). The van der Waals surface area contributed by atoms with E-state index in [-0.39, 0.29) is 0 Å². The molecular weight excluding hydrogens is 130 g/mol. The fraction of sp³-hybridized carbons (Fsp3) is 0.600. The van der Waals surface area contributed by atoms with Gasteiger partial charge in [0, 0.05) is 12.6 Å². The number of hydrogen-bond donors (Lipinski definition) is 0. The Labute approximate surface area is 58.1 Å². The fourth-order valence-electron chi connectivity index (χ4n) is 0.881. The third-order valence-electron chi connectivity index (χ3n) is 1.57. The smallest absolute Gasteiger partial charge is 0.173 e. The Kier molecular flexibility index (Phi) is 1.03. The van der Waals surface area contributed by atoms with Crippen LogP contribution in [0.25, 0.3) is 0 Å². The molecule has 0 bridgehead atoms. The zero-order valence-corrected chi connectivity index (χ0v) is 5.60. The molecule has 1 atom stereocenters. The minimum atomic E-state index is 0.596. The summed E-state index contributed by atoms with van der Waals surface area (Å²) in [6.07, 6.45) is 1.62. The lowest BCUT2D eigenvalue weighted by atomic mass is 10.6. The van der Waals surface area contributed by atoms with Gasteiger partial charge in [-0.25, -0.2) is 0 Å². The van der Waals surface area contributed by atoms with Gasteiger partial charge in [0.1, 0.15) is 0 Å². The molecule has 0 radical (unpaired) electrons. The molecule has 10 heavy (non-hydrogen) atoms. The molecule has 1 unspecified atom stereocenters. The second-order valence-corrected chi connectivity index (χ2v) is 2.38. The molecule has 5 nitrogen and oxygen atoms in total. The molecule has 0 spiro atoms. The lowest BCUT2D eigenvalue weighted by Gasteiger charge is -1.96. The summed E-state index contributed by atoms with van der Waals surface area (Å²) in [6, 6.07) is 0.596. The molecule has 1 saturated heterocycles. The monoisotopic (exact) mass is 137 g/mol. The summed E-state index contributed by atoms with van der Waals surface area (Å²) in [7, 11) is 0. The third-order valence-corrected chi connectivity index (χ3v) is 1.57. The van der Waals surface area contributed by atoms with Gasteiger partial charge >= 0.3 is 0 Å². The normalized spacial score (nSPS) is 22.9. The third kappa shape index (κ3) is 0.792. The average molecular weight is 137 g/mol. The molecule has 1 aromatic rings. The van der Waals surface area contributed by atoms with Crippen LogP contribution in [0.4, 0.5) is 5.82 Å². The van der Waals surface area contributed by atoms with Crippen LogP contribution in [0, 0.1) is 0 Å². The van der Waals surface area contributed by atoms with Crippen molar-refractivity contribution in [1.82, 2.24) is 20.6 Å². The average Bonchev–Trinajstić information content (AvgIpc) is 2.69. The van der Waals surface area contributed by atoms with Crippen molar-refractivity contribution in [2.24, 2.45) is 0 Å². The second kappa shape index (κ2) is 1.86. The number of anilines is 1. The lowest BCUT2D eigenvalue weighted by Crippen LogP contribution is -2.01. The summed E-state index contributed by atoms with van der Waals surface area (Å²) in [4.78, 5) is 2.10. The van der Waals surface area contributed by atoms with Crippen LogP contribution in [0.5, 0.6) is 0 Å². The molecule has 1 aromatic heterocycles. The van der Waals surface area contributed by atoms with Crippen LogP contribution in [0.3, 0.4) is 0 Å². The summed E-state index contributed by atoms with van der Waals surface area (Å²) >= 11 is 0. The molecule has 0 aliphatic carbocycles. The van der Waals surface area contributed by atoms with Crippen LogP contribution in [-0.2, 0) is 0 Å². The summed E-state index contributed by atoms with van der Waals surface area (Å²) in [5.41, 5.74) is 0. The van der Waals surface area contributed by atoms with Crippen LogP contribution >= 0.6 is 0 Å². The van der Waals surface area contributed by atoms with Gasteiger partial charge in [-0.1, -0.05) is 0 Å². The zero-order valence-electron chi connectivity index (χ0n) is 5.60. The van der Waals surface area contributed by atoms with Crippen molar-refractivity contribution in [3.8, 4) is 0 Å². The highest BCUT2D eigenvalue weighted by Gasteiger charge is 2.30. The molecule has 1 aliphatic rings. The quantitative estimate of drug-likeness (QED) is 0.487. The summed E-state index contributed by atoms with van der Waals surface area (Å²) < 4.78 is 0. The molecule has 0 saturated carbocycles. The first-order chi connectivity index (χ1) is 4.88. The Balaban J connectivity index is 2.20. The minimum absolute atomic E-state index is 0.596. The van der Waals surface area contributed by atoms with Crippen molar-refractivity contribution in [1.29, 1.82) is 0 Å². The molecule has 0 amide bonds. The van der Waals surface area contributed by atoms with E-state index >= 15 is 0 Å². The van der Waals surface area contributed by atoms with Crippen LogP contribution < -0.4 is 4.90 Å². The van der Waals surface area contributed by atoms with Gasteiger partial charge in [-0.15, -0.1) is 10.2 Å². The fourth-order valence-corrected chi connectivity index (χ4v) is 0.881. The van der Waals surface area contributed by atoms with Gasteiger partial charge in [0.25, 0.3) is 0 Å².